The van der Waals surface area contributed by atoms with Crippen LogP contribution in [0, 0.1) is 11.7 Å². The molecule has 2 rings (SSSR count). The number of hydrogen-bond donors (Lipinski definition) is 1. The molecule has 1 aliphatic rings. The molecule has 0 bridgehead atoms. The SMILES string of the molecule is COCCNCC1CCCN(c2ncccc2F)C1. The van der Waals surface area contributed by atoms with Crippen LogP contribution in [0.3, 0.4) is 0 Å². The Kier molecular flexibility index (Phi) is 5.54. The van der Waals surface area contributed by atoms with Crippen molar-refractivity contribution >= 4 is 5.82 Å². The molecule has 1 atom stereocenters. The van der Waals surface area contributed by atoms with Gasteiger partial charge in [0.25, 0.3) is 0 Å². The highest BCUT2D eigenvalue weighted by Crippen LogP contribution is 2.23. The maximum Gasteiger partial charge on any atom is 0.165 e. The van der Waals surface area contributed by atoms with Gasteiger partial charge in [0.2, 0.25) is 0 Å². The van der Waals surface area contributed by atoms with Crippen molar-refractivity contribution in [3.8, 4) is 0 Å². The zero-order chi connectivity index (χ0) is 13.5. The summed E-state index contributed by atoms with van der Waals surface area (Å²) >= 11 is 0. The molecule has 106 valence electrons. The quantitative estimate of drug-likeness (QED) is 0.796. The van der Waals surface area contributed by atoms with Gasteiger partial charge < -0.3 is 15.0 Å². The molecule has 1 aliphatic heterocycles. The van der Waals surface area contributed by atoms with Crippen LogP contribution in [0.4, 0.5) is 10.2 Å². The van der Waals surface area contributed by atoms with Crippen LogP contribution in [0.2, 0.25) is 0 Å². The summed E-state index contributed by atoms with van der Waals surface area (Å²) in [6.45, 7) is 4.31. The summed E-state index contributed by atoms with van der Waals surface area (Å²) in [5, 5.41) is 3.38. The first-order valence-corrected chi connectivity index (χ1v) is 6.86. The minimum atomic E-state index is -0.226. The Morgan fingerprint density at radius 3 is 3.26 bits per heavy atom. The molecule has 0 radical (unpaired) electrons. The summed E-state index contributed by atoms with van der Waals surface area (Å²) in [6, 6.07) is 3.11. The average Bonchev–Trinajstić information content (AvgIpc) is 2.44. The van der Waals surface area contributed by atoms with Gasteiger partial charge in [0.1, 0.15) is 0 Å². The number of aromatic nitrogens is 1. The second-order valence-electron chi connectivity index (χ2n) is 4.96. The highest BCUT2D eigenvalue weighted by atomic mass is 19.1. The minimum absolute atomic E-state index is 0.226. The van der Waals surface area contributed by atoms with Crippen LogP contribution in [0.25, 0.3) is 0 Å². The molecule has 1 aromatic rings. The van der Waals surface area contributed by atoms with Crippen molar-refractivity contribution in [3.63, 3.8) is 0 Å². The number of methoxy groups -OCH3 is 1. The summed E-state index contributed by atoms with van der Waals surface area (Å²) in [6.07, 6.45) is 3.93. The molecule has 0 aromatic carbocycles. The maximum absolute atomic E-state index is 13.7. The van der Waals surface area contributed by atoms with E-state index in [-0.39, 0.29) is 5.82 Å². The van der Waals surface area contributed by atoms with E-state index in [0.29, 0.717) is 11.7 Å². The van der Waals surface area contributed by atoms with E-state index in [1.807, 2.05) is 0 Å². The Morgan fingerprint density at radius 2 is 2.47 bits per heavy atom. The Morgan fingerprint density at radius 1 is 1.58 bits per heavy atom. The van der Waals surface area contributed by atoms with Gasteiger partial charge in [0.15, 0.2) is 11.6 Å². The average molecular weight is 267 g/mol. The van der Waals surface area contributed by atoms with Crippen LogP contribution in [-0.4, -0.2) is 44.9 Å². The van der Waals surface area contributed by atoms with Crippen LogP contribution in [0.15, 0.2) is 18.3 Å². The number of halogens is 1. The summed E-state index contributed by atoms with van der Waals surface area (Å²) in [5.74, 6) is 0.812. The fourth-order valence-electron chi connectivity index (χ4n) is 2.51. The molecule has 2 heterocycles. The third-order valence-corrected chi connectivity index (χ3v) is 3.47. The molecule has 5 heteroatoms. The number of pyridine rings is 1. The maximum atomic E-state index is 13.7. The fraction of sp³-hybridized carbons (Fsp3) is 0.643. The Bertz CT molecular complexity index is 389. The largest absolute Gasteiger partial charge is 0.383 e. The number of nitrogens with zero attached hydrogens (tertiary/aromatic N) is 2. The lowest BCUT2D eigenvalue weighted by atomic mass is 9.98. The number of rotatable bonds is 6. The smallest absolute Gasteiger partial charge is 0.165 e. The van der Waals surface area contributed by atoms with Crippen molar-refractivity contribution < 1.29 is 9.13 Å². The van der Waals surface area contributed by atoms with Crippen molar-refractivity contribution in [1.29, 1.82) is 0 Å². The van der Waals surface area contributed by atoms with E-state index in [4.69, 9.17) is 4.74 Å². The van der Waals surface area contributed by atoms with Gasteiger partial charge in [0, 0.05) is 32.9 Å². The van der Waals surface area contributed by atoms with Gasteiger partial charge in [-0.1, -0.05) is 0 Å². The summed E-state index contributed by atoms with van der Waals surface area (Å²) < 4.78 is 18.7. The number of nitrogens with one attached hydrogen (secondary N) is 1. The van der Waals surface area contributed by atoms with Gasteiger partial charge in [-0.25, -0.2) is 9.37 Å². The van der Waals surface area contributed by atoms with Crippen LogP contribution in [0.5, 0.6) is 0 Å². The van der Waals surface area contributed by atoms with E-state index in [1.165, 1.54) is 12.5 Å². The lowest BCUT2D eigenvalue weighted by Gasteiger charge is -2.33. The van der Waals surface area contributed by atoms with E-state index in [1.54, 1.807) is 19.4 Å². The third-order valence-electron chi connectivity index (χ3n) is 3.47. The monoisotopic (exact) mass is 267 g/mol. The topological polar surface area (TPSA) is 37.4 Å². The number of piperidine rings is 1. The third kappa shape index (κ3) is 4.14. The van der Waals surface area contributed by atoms with Gasteiger partial charge in [-0.05, 0) is 37.4 Å². The Hall–Kier alpha value is -1.20. The standard InChI is InChI=1S/C14H22FN3O/c1-19-9-7-16-10-12-4-3-8-18(11-12)14-13(15)5-2-6-17-14/h2,5-6,12,16H,3-4,7-11H2,1H3. The minimum Gasteiger partial charge on any atom is -0.383 e. The summed E-state index contributed by atoms with van der Waals surface area (Å²) in [4.78, 5) is 6.21. The van der Waals surface area contributed by atoms with Crippen LogP contribution < -0.4 is 10.2 Å². The second kappa shape index (κ2) is 7.40. The predicted molar refractivity (Wildman–Crippen MR) is 73.9 cm³/mol. The molecule has 0 spiro atoms. The molecule has 1 saturated heterocycles. The Balaban J connectivity index is 1.85. The van der Waals surface area contributed by atoms with E-state index in [9.17, 15) is 4.39 Å². The summed E-state index contributed by atoms with van der Waals surface area (Å²) in [5.41, 5.74) is 0. The second-order valence-corrected chi connectivity index (χ2v) is 4.96. The van der Waals surface area contributed by atoms with E-state index < -0.39 is 0 Å². The normalized spacial score (nSPS) is 19.7. The van der Waals surface area contributed by atoms with Crippen molar-refractivity contribution in [2.75, 3.05) is 44.8 Å². The first kappa shape index (κ1) is 14.2. The highest BCUT2D eigenvalue weighted by molar-refractivity contribution is 5.40. The molecule has 1 fully saturated rings. The van der Waals surface area contributed by atoms with Crippen LogP contribution >= 0.6 is 0 Å². The van der Waals surface area contributed by atoms with Crippen molar-refractivity contribution in [2.24, 2.45) is 5.92 Å². The first-order valence-electron chi connectivity index (χ1n) is 6.86. The predicted octanol–water partition coefficient (Wildman–Crippen LogP) is 1.67. The van der Waals surface area contributed by atoms with Crippen LogP contribution in [-0.2, 0) is 4.74 Å². The van der Waals surface area contributed by atoms with Gasteiger partial charge in [-0.15, -0.1) is 0 Å². The zero-order valence-electron chi connectivity index (χ0n) is 11.4. The van der Waals surface area contributed by atoms with Gasteiger partial charge in [0.05, 0.1) is 6.61 Å². The van der Waals surface area contributed by atoms with Gasteiger partial charge in [-0.3, -0.25) is 0 Å². The van der Waals surface area contributed by atoms with Crippen molar-refractivity contribution in [2.45, 2.75) is 12.8 Å². The molecular formula is C14H22FN3O. The molecule has 1 unspecified atom stereocenters. The van der Waals surface area contributed by atoms with Crippen molar-refractivity contribution in [3.05, 3.63) is 24.1 Å². The highest BCUT2D eigenvalue weighted by Gasteiger charge is 2.22. The molecule has 1 aromatic heterocycles. The molecular weight excluding hydrogens is 245 g/mol. The number of anilines is 1. The molecule has 0 amide bonds. The Labute approximate surface area is 114 Å². The van der Waals surface area contributed by atoms with E-state index in [0.717, 1.165) is 39.2 Å². The molecule has 19 heavy (non-hydrogen) atoms. The molecule has 1 N–H and O–H groups in total. The number of ether oxygens (including phenoxy) is 1. The van der Waals surface area contributed by atoms with E-state index in [2.05, 4.69) is 15.2 Å². The lowest BCUT2D eigenvalue weighted by Crippen LogP contribution is -2.41. The van der Waals surface area contributed by atoms with Crippen LogP contribution in [0.1, 0.15) is 12.8 Å². The van der Waals surface area contributed by atoms with Gasteiger partial charge in [-0.2, -0.15) is 0 Å². The van der Waals surface area contributed by atoms with E-state index >= 15 is 0 Å². The fourth-order valence-corrected chi connectivity index (χ4v) is 2.51. The number of hydrogen-bond acceptors (Lipinski definition) is 4. The van der Waals surface area contributed by atoms with Crippen molar-refractivity contribution in [1.82, 2.24) is 10.3 Å². The lowest BCUT2D eigenvalue weighted by molar-refractivity contribution is 0.197. The molecule has 4 nitrogen and oxygen atoms in total. The summed E-state index contributed by atoms with van der Waals surface area (Å²) in [7, 11) is 1.70. The zero-order valence-corrected chi connectivity index (χ0v) is 11.4. The molecule has 0 saturated carbocycles. The van der Waals surface area contributed by atoms with Gasteiger partial charge >= 0.3 is 0 Å². The molecule has 0 aliphatic carbocycles. The first-order chi connectivity index (χ1) is 9.31.